The van der Waals surface area contributed by atoms with Crippen LogP contribution in [0.1, 0.15) is 5.56 Å². The van der Waals surface area contributed by atoms with Crippen molar-refractivity contribution in [3.63, 3.8) is 0 Å². The fraction of sp³-hybridized carbons (Fsp3) is 0.167. The zero-order valence-electron chi connectivity index (χ0n) is 9.48. The molecule has 17 heavy (non-hydrogen) atoms. The van der Waals surface area contributed by atoms with Crippen molar-refractivity contribution in [1.82, 2.24) is 9.97 Å². The molecule has 0 bridgehead atoms. The van der Waals surface area contributed by atoms with Crippen LogP contribution in [-0.4, -0.2) is 17.0 Å². The molecular weight excluding hydrogens is 241 g/mol. The molecule has 88 valence electrons. The molecule has 0 fully saturated rings. The van der Waals surface area contributed by atoms with Crippen LogP contribution in [0.3, 0.4) is 0 Å². The van der Waals surface area contributed by atoms with Gasteiger partial charge in [-0.2, -0.15) is 4.98 Å². The third-order valence-corrected chi connectivity index (χ3v) is 2.63. The van der Waals surface area contributed by atoms with Crippen LogP contribution in [0.25, 0.3) is 0 Å². The summed E-state index contributed by atoms with van der Waals surface area (Å²) < 4.78 is 12.8. The maximum Gasteiger partial charge on any atom is 0.224 e. The van der Waals surface area contributed by atoms with Gasteiger partial charge in [0.15, 0.2) is 0 Å². The van der Waals surface area contributed by atoms with E-state index in [0.29, 0.717) is 5.82 Å². The second-order valence-corrected chi connectivity index (χ2v) is 4.02. The molecule has 0 atom stereocenters. The first-order chi connectivity index (χ1) is 8.08. The van der Waals surface area contributed by atoms with Gasteiger partial charge in [0.1, 0.15) is 11.6 Å². The number of hydrogen-bond donors (Lipinski definition) is 0. The molecule has 0 radical (unpaired) electrons. The lowest BCUT2D eigenvalue weighted by Crippen LogP contribution is -2.13. The number of benzene rings is 1. The lowest BCUT2D eigenvalue weighted by atomic mass is 10.2. The average molecular weight is 252 g/mol. The van der Waals surface area contributed by atoms with Crippen molar-refractivity contribution < 1.29 is 4.39 Å². The van der Waals surface area contributed by atoms with Crippen LogP contribution in [0.4, 0.5) is 15.9 Å². The smallest absolute Gasteiger partial charge is 0.224 e. The first-order valence-electron chi connectivity index (χ1n) is 5.06. The monoisotopic (exact) mass is 251 g/mol. The number of nitrogens with zero attached hydrogens (tertiary/aromatic N) is 3. The summed E-state index contributed by atoms with van der Waals surface area (Å²) in [6.07, 6.45) is 1.66. The summed E-state index contributed by atoms with van der Waals surface area (Å²) >= 11 is 5.76. The Morgan fingerprint density at radius 1 is 1.24 bits per heavy atom. The van der Waals surface area contributed by atoms with Crippen molar-refractivity contribution >= 4 is 23.1 Å². The van der Waals surface area contributed by atoms with E-state index in [0.717, 1.165) is 11.3 Å². The molecule has 1 heterocycles. The molecular formula is C12H11ClFN3. The zero-order chi connectivity index (χ0) is 12.4. The minimum atomic E-state index is -0.264. The van der Waals surface area contributed by atoms with E-state index in [1.807, 2.05) is 18.9 Å². The molecule has 0 N–H and O–H groups in total. The van der Waals surface area contributed by atoms with E-state index in [4.69, 9.17) is 11.6 Å². The van der Waals surface area contributed by atoms with Crippen molar-refractivity contribution in [2.45, 2.75) is 6.92 Å². The lowest BCUT2D eigenvalue weighted by molar-refractivity contribution is 0.628. The molecule has 0 unspecified atom stereocenters. The fourth-order valence-electron chi connectivity index (χ4n) is 1.54. The van der Waals surface area contributed by atoms with Gasteiger partial charge in [0.05, 0.1) is 0 Å². The Bertz CT molecular complexity index is 528. The highest BCUT2D eigenvalue weighted by atomic mass is 35.5. The first-order valence-corrected chi connectivity index (χ1v) is 5.44. The summed E-state index contributed by atoms with van der Waals surface area (Å²) in [5.41, 5.74) is 1.74. The average Bonchev–Trinajstić information content (AvgIpc) is 2.32. The summed E-state index contributed by atoms with van der Waals surface area (Å²) in [6.45, 7) is 1.89. The van der Waals surface area contributed by atoms with E-state index >= 15 is 0 Å². The molecule has 0 saturated heterocycles. The second-order valence-electron chi connectivity index (χ2n) is 3.68. The van der Waals surface area contributed by atoms with E-state index < -0.39 is 0 Å². The van der Waals surface area contributed by atoms with Crippen molar-refractivity contribution in [3.8, 4) is 0 Å². The van der Waals surface area contributed by atoms with E-state index in [1.54, 1.807) is 18.3 Å². The largest absolute Gasteiger partial charge is 0.329 e. The van der Waals surface area contributed by atoms with E-state index in [-0.39, 0.29) is 11.1 Å². The summed E-state index contributed by atoms with van der Waals surface area (Å²) in [4.78, 5) is 9.89. The minimum Gasteiger partial charge on any atom is -0.329 e. The summed E-state index contributed by atoms with van der Waals surface area (Å²) in [5.74, 6) is 0.441. The number of halogens is 2. The number of aryl methyl sites for hydroxylation is 1. The van der Waals surface area contributed by atoms with Gasteiger partial charge >= 0.3 is 0 Å². The molecule has 0 aliphatic rings. The number of hydrogen-bond acceptors (Lipinski definition) is 3. The fourth-order valence-corrected chi connectivity index (χ4v) is 1.67. The minimum absolute atomic E-state index is 0.194. The van der Waals surface area contributed by atoms with Crippen LogP contribution in [0.2, 0.25) is 5.28 Å². The van der Waals surface area contributed by atoms with Crippen LogP contribution in [-0.2, 0) is 0 Å². The van der Waals surface area contributed by atoms with Gasteiger partial charge < -0.3 is 4.90 Å². The standard InChI is InChI=1S/C12H11ClFN3/c1-8-7-15-12(13)16-11(8)17(2)10-5-3-9(14)4-6-10/h3-7H,1-2H3. The zero-order valence-corrected chi connectivity index (χ0v) is 10.2. The van der Waals surface area contributed by atoms with Crippen LogP contribution in [0.5, 0.6) is 0 Å². The summed E-state index contributed by atoms with van der Waals surface area (Å²) in [6, 6.07) is 6.18. The number of rotatable bonds is 2. The maximum absolute atomic E-state index is 12.8. The van der Waals surface area contributed by atoms with Gasteiger partial charge in [0.25, 0.3) is 0 Å². The van der Waals surface area contributed by atoms with Crippen LogP contribution >= 0.6 is 11.6 Å². The highest BCUT2D eigenvalue weighted by Gasteiger charge is 2.09. The van der Waals surface area contributed by atoms with Crippen molar-refractivity contribution in [2.75, 3.05) is 11.9 Å². The molecule has 2 aromatic rings. The molecule has 3 nitrogen and oxygen atoms in total. The molecule has 1 aromatic heterocycles. The summed E-state index contributed by atoms with van der Waals surface area (Å²) in [7, 11) is 1.85. The first kappa shape index (κ1) is 11.8. The number of aromatic nitrogens is 2. The Kier molecular flexibility index (Phi) is 3.24. The van der Waals surface area contributed by atoms with Gasteiger partial charge in [-0.1, -0.05) is 0 Å². The van der Waals surface area contributed by atoms with Crippen LogP contribution in [0, 0.1) is 12.7 Å². The summed E-state index contributed by atoms with van der Waals surface area (Å²) in [5, 5.41) is 0.194. The Labute approximate surface area is 104 Å². The second kappa shape index (κ2) is 4.67. The predicted octanol–water partition coefficient (Wildman–Crippen LogP) is 3.35. The molecule has 1 aromatic carbocycles. The quantitative estimate of drug-likeness (QED) is 0.767. The molecule has 0 aliphatic heterocycles. The lowest BCUT2D eigenvalue weighted by Gasteiger charge is -2.19. The molecule has 0 saturated carbocycles. The SMILES string of the molecule is Cc1cnc(Cl)nc1N(C)c1ccc(F)cc1. The van der Waals surface area contributed by atoms with Crippen molar-refractivity contribution in [3.05, 3.63) is 47.1 Å². The third kappa shape index (κ3) is 2.53. The Morgan fingerprint density at radius 2 is 1.88 bits per heavy atom. The maximum atomic E-state index is 12.8. The normalized spacial score (nSPS) is 10.4. The van der Waals surface area contributed by atoms with Crippen LogP contribution < -0.4 is 4.90 Å². The Hall–Kier alpha value is -1.68. The van der Waals surface area contributed by atoms with Crippen molar-refractivity contribution in [1.29, 1.82) is 0 Å². The van der Waals surface area contributed by atoms with E-state index in [2.05, 4.69) is 9.97 Å². The van der Waals surface area contributed by atoms with Gasteiger partial charge in [0, 0.05) is 24.5 Å². The number of anilines is 2. The van der Waals surface area contributed by atoms with Gasteiger partial charge in [-0.15, -0.1) is 0 Å². The molecule has 0 amide bonds. The third-order valence-electron chi connectivity index (χ3n) is 2.45. The Balaban J connectivity index is 2.39. The van der Waals surface area contributed by atoms with Crippen molar-refractivity contribution in [2.24, 2.45) is 0 Å². The van der Waals surface area contributed by atoms with Crippen LogP contribution in [0.15, 0.2) is 30.5 Å². The highest BCUT2D eigenvalue weighted by Crippen LogP contribution is 2.25. The molecule has 0 spiro atoms. The van der Waals surface area contributed by atoms with E-state index in [9.17, 15) is 4.39 Å². The van der Waals surface area contributed by atoms with Gasteiger partial charge in [0.2, 0.25) is 5.28 Å². The van der Waals surface area contributed by atoms with Gasteiger partial charge in [-0.25, -0.2) is 9.37 Å². The van der Waals surface area contributed by atoms with Gasteiger partial charge in [-0.05, 0) is 42.8 Å². The predicted molar refractivity (Wildman–Crippen MR) is 66.2 cm³/mol. The van der Waals surface area contributed by atoms with Gasteiger partial charge in [-0.3, -0.25) is 0 Å². The molecule has 5 heteroatoms. The molecule has 2 rings (SSSR count). The highest BCUT2D eigenvalue weighted by molar-refractivity contribution is 6.28. The Morgan fingerprint density at radius 3 is 2.53 bits per heavy atom. The topological polar surface area (TPSA) is 29.0 Å². The molecule has 0 aliphatic carbocycles. The van der Waals surface area contributed by atoms with E-state index in [1.165, 1.54) is 12.1 Å².